The summed E-state index contributed by atoms with van der Waals surface area (Å²) in [6, 6.07) is 13.9. The molecule has 0 fully saturated rings. The molecule has 1 aromatic heterocycles. The summed E-state index contributed by atoms with van der Waals surface area (Å²) in [5, 5.41) is 13.9. The lowest BCUT2D eigenvalue weighted by atomic mass is 10.1. The summed E-state index contributed by atoms with van der Waals surface area (Å²) in [5.41, 5.74) is 2.01. The molecule has 3 rings (SSSR count). The van der Waals surface area contributed by atoms with E-state index in [2.05, 4.69) is 43.4 Å². The standard InChI is InChI=1S/C19H19BrN4O2S/c1-25-15-10-9-14(17(20)18(15)26-2)12-21-24-16(22-23-19(24)27-3)11-13-7-5-4-6-8-13/h4-10,12H,11H2,1-3H3/b21-12-. The van der Waals surface area contributed by atoms with Gasteiger partial charge in [0, 0.05) is 12.0 Å². The number of rotatable bonds is 7. The van der Waals surface area contributed by atoms with Crippen LogP contribution in [0.1, 0.15) is 17.0 Å². The van der Waals surface area contributed by atoms with E-state index >= 15 is 0 Å². The molecule has 1 heterocycles. The average molecular weight is 447 g/mol. The van der Waals surface area contributed by atoms with Crippen LogP contribution in [0, 0.1) is 0 Å². The first-order chi connectivity index (χ1) is 13.2. The van der Waals surface area contributed by atoms with Gasteiger partial charge >= 0.3 is 0 Å². The molecule has 0 atom stereocenters. The van der Waals surface area contributed by atoms with Gasteiger partial charge in [-0.2, -0.15) is 9.78 Å². The number of hydrogen-bond acceptors (Lipinski definition) is 6. The van der Waals surface area contributed by atoms with Crippen molar-refractivity contribution in [1.82, 2.24) is 14.9 Å². The molecule has 0 spiro atoms. The van der Waals surface area contributed by atoms with Gasteiger partial charge in [-0.15, -0.1) is 10.2 Å². The van der Waals surface area contributed by atoms with E-state index in [1.807, 2.05) is 36.6 Å². The van der Waals surface area contributed by atoms with Gasteiger partial charge in [-0.25, -0.2) is 0 Å². The summed E-state index contributed by atoms with van der Waals surface area (Å²) in [6.07, 6.45) is 4.36. The van der Waals surface area contributed by atoms with Crippen molar-refractivity contribution >= 4 is 33.9 Å². The minimum absolute atomic E-state index is 0.625. The Morgan fingerprint density at radius 2 is 1.89 bits per heavy atom. The molecule has 0 aliphatic rings. The highest BCUT2D eigenvalue weighted by molar-refractivity contribution is 9.10. The van der Waals surface area contributed by atoms with Crippen LogP contribution in [0.2, 0.25) is 0 Å². The van der Waals surface area contributed by atoms with Crippen molar-refractivity contribution in [3.8, 4) is 11.5 Å². The third-order valence-electron chi connectivity index (χ3n) is 3.89. The van der Waals surface area contributed by atoms with Crippen LogP contribution in [0.5, 0.6) is 11.5 Å². The van der Waals surface area contributed by atoms with Gasteiger partial charge in [0.05, 0.1) is 24.9 Å². The maximum atomic E-state index is 5.42. The Bertz CT molecular complexity index is 944. The van der Waals surface area contributed by atoms with Gasteiger partial charge < -0.3 is 9.47 Å². The molecule has 0 aliphatic carbocycles. The number of methoxy groups -OCH3 is 2. The number of hydrogen-bond donors (Lipinski definition) is 0. The number of aromatic nitrogens is 3. The Morgan fingerprint density at radius 1 is 1.11 bits per heavy atom. The molecule has 0 radical (unpaired) electrons. The third-order valence-corrected chi connectivity index (χ3v) is 5.33. The Morgan fingerprint density at radius 3 is 2.56 bits per heavy atom. The van der Waals surface area contributed by atoms with E-state index in [-0.39, 0.29) is 0 Å². The SMILES string of the molecule is COc1ccc(/C=N\n2c(Cc3ccccc3)nnc2SC)c(Br)c1OC. The molecule has 0 N–H and O–H groups in total. The van der Waals surface area contributed by atoms with Crippen molar-refractivity contribution in [1.29, 1.82) is 0 Å². The first kappa shape index (κ1) is 19.4. The zero-order valence-electron chi connectivity index (χ0n) is 15.2. The highest BCUT2D eigenvalue weighted by Gasteiger charge is 2.14. The van der Waals surface area contributed by atoms with Crippen LogP contribution in [-0.2, 0) is 6.42 Å². The third kappa shape index (κ3) is 4.33. The number of ether oxygens (including phenoxy) is 2. The van der Waals surface area contributed by atoms with Crippen LogP contribution in [-0.4, -0.2) is 41.6 Å². The van der Waals surface area contributed by atoms with Gasteiger partial charge in [-0.1, -0.05) is 42.1 Å². The average Bonchev–Trinajstić information content (AvgIpc) is 3.09. The lowest BCUT2D eigenvalue weighted by Gasteiger charge is -2.11. The smallest absolute Gasteiger partial charge is 0.211 e. The molecule has 0 unspecified atom stereocenters. The Hall–Kier alpha value is -2.32. The number of benzene rings is 2. The highest BCUT2D eigenvalue weighted by Crippen LogP contribution is 2.36. The normalized spacial score (nSPS) is 11.1. The maximum absolute atomic E-state index is 5.42. The molecule has 8 heteroatoms. The molecule has 27 heavy (non-hydrogen) atoms. The van der Waals surface area contributed by atoms with Gasteiger partial charge in [-0.05, 0) is 39.9 Å². The molecule has 6 nitrogen and oxygen atoms in total. The summed E-state index contributed by atoms with van der Waals surface area (Å²) >= 11 is 5.06. The van der Waals surface area contributed by atoms with Gasteiger partial charge in [0.1, 0.15) is 0 Å². The topological polar surface area (TPSA) is 61.5 Å². The maximum Gasteiger partial charge on any atom is 0.211 e. The van der Waals surface area contributed by atoms with E-state index in [4.69, 9.17) is 9.47 Å². The molecule has 2 aromatic carbocycles. The van der Waals surface area contributed by atoms with E-state index in [0.29, 0.717) is 17.9 Å². The molecule has 0 saturated carbocycles. The zero-order chi connectivity index (χ0) is 19.2. The second kappa shape index (κ2) is 9.05. The minimum Gasteiger partial charge on any atom is -0.493 e. The van der Waals surface area contributed by atoms with Gasteiger partial charge in [0.2, 0.25) is 5.16 Å². The van der Waals surface area contributed by atoms with Crippen molar-refractivity contribution in [2.45, 2.75) is 11.6 Å². The van der Waals surface area contributed by atoms with Crippen molar-refractivity contribution in [3.63, 3.8) is 0 Å². The number of thioether (sulfide) groups is 1. The van der Waals surface area contributed by atoms with E-state index in [9.17, 15) is 0 Å². The van der Waals surface area contributed by atoms with E-state index < -0.39 is 0 Å². The monoisotopic (exact) mass is 446 g/mol. The van der Waals surface area contributed by atoms with Crippen LogP contribution >= 0.6 is 27.7 Å². The van der Waals surface area contributed by atoms with Gasteiger partial charge in [0.25, 0.3) is 0 Å². The molecule has 140 valence electrons. The second-order valence-corrected chi connectivity index (χ2v) is 7.09. The molecular weight excluding hydrogens is 428 g/mol. The molecule has 0 bridgehead atoms. The lowest BCUT2D eigenvalue weighted by molar-refractivity contribution is 0.353. The van der Waals surface area contributed by atoms with Crippen molar-refractivity contribution in [3.05, 3.63) is 63.9 Å². The fraction of sp³-hybridized carbons (Fsp3) is 0.211. The van der Waals surface area contributed by atoms with Crippen LogP contribution in [0.15, 0.2) is 57.2 Å². The molecule has 0 amide bonds. The van der Waals surface area contributed by atoms with E-state index in [1.54, 1.807) is 25.1 Å². The Balaban J connectivity index is 1.94. The van der Waals surface area contributed by atoms with Crippen LogP contribution in [0.3, 0.4) is 0 Å². The lowest BCUT2D eigenvalue weighted by Crippen LogP contribution is -2.02. The molecule has 0 saturated heterocycles. The quantitative estimate of drug-likeness (QED) is 0.400. The minimum atomic E-state index is 0.625. The summed E-state index contributed by atoms with van der Waals surface area (Å²) in [6.45, 7) is 0. The Labute approximate surface area is 170 Å². The first-order valence-corrected chi connectivity index (χ1v) is 10.2. The molecule has 0 aliphatic heterocycles. The van der Waals surface area contributed by atoms with Crippen LogP contribution < -0.4 is 9.47 Å². The van der Waals surface area contributed by atoms with Crippen molar-refractivity contribution < 1.29 is 9.47 Å². The summed E-state index contributed by atoms with van der Waals surface area (Å²) in [5.74, 6) is 2.05. The van der Waals surface area contributed by atoms with Crippen molar-refractivity contribution in [2.75, 3.05) is 20.5 Å². The van der Waals surface area contributed by atoms with Crippen LogP contribution in [0.4, 0.5) is 0 Å². The summed E-state index contributed by atoms with van der Waals surface area (Å²) < 4.78 is 13.3. The van der Waals surface area contributed by atoms with E-state index in [1.165, 1.54) is 11.8 Å². The number of nitrogens with zero attached hydrogens (tertiary/aromatic N) is 4. The fourth-order valence-corrected chi connectivity index (χ4v) is 3.59. The predicted octanol–water partition coefficient (Wildman–Crippen LogP) is 4.25. The number of halogens is 1. The first-order valence-electron chi connectivity index (χ1n) is 8.15. The highest BCUT2D eigenvalue weighted by atomic mass is 79.9. The zero-order valence-corrected chi connectivity index (χ0v) is 17.6. The predicted molar refractivity (Wildman–Crippen MR) is 111 cm³/mol. The second-order valence-electron chi connectivity index (χ2n) is 5.53. The van der Waals surface area contributed by atoms with Gasteiger partial charge in [0.15, 0.2) is 17.3 Å². The van der Waals surface area contributed by atoms with Gasteiger partial charge in [-0.3, -0.25) is 0 Å². The van der Waals surface area contributed by atoms with E-state index in [0.717, 1.165) is 26.6 Å². The fourth-order valence-electron chi connectivity index (χ4n) is 2.55. The van der Waals surface area contributed by atoms with Crippen molar-refractivity contribution in [2.24, 2.45) is 5.10 Å². The molecular formula is C19H19BrN4O2S. The molecule has 3 aromatic rings. The Kier molecular flexibility index (Phi) is 6.52. The van der Waals surface area contributed by atoms with Crippen LogP contribution in [0.25, 0.3) is 0 Å². The summed E-state index contributed by atoms with van der Waals surface area (Å²) in [4.78, 5) is 0. The summed E-state index contributed by atoms with van der Waals surface area (Å²) in [7, 11) is 3.21. The largest absolute Gasteiger partial charge is 0.493 e.